The van der Waals surface area contributed by atoms with Crippen molar-refractivity contribution in [1.82, 2.24) is 24.2 Å². The van der Waals surface area contributed by atoms with Crippen LogP contribution >= 0.6 is 12.2 Å². The summed E-state index contributed by atoms with van der Waals surface area (Å²) in [5, 5.41) is 4.71. The van der Waals surface area contributed by atoms with Crippen LogP contribution < -0.4 is 0 Å². The Bertz CT molecular complexity index is 1360. The molecule has 5 aromatic rings. The van der Waals surface area contributed by atoms with Crippen LogP contribution in [0.5, 0.6) is 0 Å². The SMILES string of the molecule is Cc1nc2ccccc2n1Cc1nn(CN(Cc2ccccc2)Cc2ccccc2)c(=S)o1. The van der Waals surface area contributed by atoms with Gasteiger partial charge in [0.2, 0.25) is 5.89 Å². The van der Waals surface area contributed by atoms with Crippen molar-refractivity contribution in [1.29, 1.82) is 0 Å². The summed E-state index contributed by atoms with van der Waals surface area (Å²) >= 11 is 5.53. The molecule has 0 unspecified atom stereocenters. The fourth-order valence-electron chi connectivity index (χ4n) is 4.06. The van der Waals surface area contributed by atoms with E-state index in [-0.39, 0.29) is 0 Å². The predicted octanol–water partition coefficient (Wildman–Crippen LogP) is 5.57. The minimum Gasteiger partial charge on any atom is -0.412 e. The van der Waals surface area contributed by atoms with E-state index in [1.54, 1.807) is 4.68 Å². The molecule has 2 aromatic heterocycles. The summed E-state index contributed by atoms with van der Waals surface area (Å²) in [7, 11) is 0. The summed E-state index contributed by atoms with van der Waals surface area (Å²) in [6, 6.07) is 28.9. The number of benzene rings is 3. The normalized spacial score (nSPS) is 11.5. The number of hydrogen-bond donors (Lipinski definition) is 0. The first-order chi connectivity index (χ1) is 16.2. The van der Waals surface area contributed by atoms with E-state index < -0.39 is 0 Å². The Kier molecular flexibility index (Phi) is 6.15. The Labute approximate surface area is 197 Å². The molecule has 7 heteroatoms. The maximum Gasteiger partial charge on any atom is 0.288 e. The molecule has 0 fully saturated rings. The van der Waals surface area contributed by atoms with Gasteiger partial charge in [-0.3, -0.25) is 4.90 Å². The van der Waals surface area contributed by atoms with Crippen LogP contribution in [-0.4, -0.2) is 24.2 Å². The number of aryl methyl sites for hydroxylation is 1. The minimum absolute atomic E-state index is 0.373. The van der Waals surface area contributed by atoms with Crippen molar-refractivity contribution in [3.63, 3.8) is 0 Å². The summed E-state index contributed by atoms with van der Waals surface area (Å²) in [6.45, 7) is 4.58. The van der Waals surface area contributed by atoms with Crippen LogP contribution in [0.4, 0.5) is 0 Å². The molecule has 0 saturated carbocycles. The van der Waals surface area contributed by atoms with Crippen LogP contribution in [0.25, 0.3) is 11.0 Å². The molecule has 166 valence electrons. The molecule has 0 amide bonds. The van der Waals surface area contributed by atoms with Crippen LogP contribution in [0, 0.1) is 11.8 Å². The van der Waals surface area contributed by atoms with Gasteiger partial charge in [-0.25, -0.2) is 9.67 Å². The topological polar surface area (TPSA) is 52.0 Å². The monoisotopic (exact) mass is 455 g/mol. The zero-order chi connectivity index (χ0) is 22.6. The van der Waals surface area contributed by atoms with E-state index in [1.165, 1.54) is 11.1 Å². The van der Waals surface area contributed by atoms with E-state index >= 15 is 0 Å². The van der Waals surface area contributed by atoms with Gasteiger partial charge in [-0.2, -0.15) is 0 Å². The lowest BCUT2D eigenvalue weighted by molar-refractivity contribution is 0.185. The van der Waals surface area contributed by atoms with Gasteiger partial charge >= 0.3 is 0 Å². The van der Waals surface area contributed by atoms with Gasteiger partial charge in [0.1, 0.15) is 12.4 Å². The van der Waals surface area contributed by atoms with E-state index in [0.717, 1.165) is 29.9 Å². The highest BCUT2D eigenvalue weighted by Gasteiger charge is 2.14. The molecule has 33 heavy (non-hydrogen) atoms. The second-order valence-electron chi connectivity index (χ2n) is 8.09. The smallest absolute Gasteiger partial charge is 0.288 e. The Morgan fingerprint density at radius 1 is 0.848 bits per heavy atom. The van der Waals surface area contributed by atoms with E-state index in [2.05, 4.69) is 69.0 Å². The van der Waals surface area contributed by atoms with Gasteiger partial charge in [0.15, 0.2) is 0 Å². The Balaban J connectivity index is 1.39. The maximum absolute atomic E-state index is 5.88. The average molecular weight is 456 g/mol. The molecule has 5 rings (SSSR count). The second kappa shape index (κ2) is 9.52. The van der Waals surface area contributed by atoms with Crippen LogP contribution in [0.3, 0.4) is 0 Å². The minimum atomic E-state index is 0.373. The number of fused-ring (bicyclic) bond motifs is 1. The highest BCUT2D eigenvalue weighted by molar-refractivity contribution is 7.71. The molecule has 0 aliphatic heterocycles. The average Bonchev–Trinajstić information content (AvgIpc) is 3.33. The van der Waals surface area contributed by atoms with Crippen molar-refractivity contribution >= 4 is 23.3 Å². The number of imidazole rings is 1. The van der Waals surface area contributed by atoms with Gasteiger partial charge in [-0.1, -0.05) is 72.8 Å². The van der Waals surface area contributed by atoms with Crippen molar-refractivity contribution in [2.75, 3.05) is 0 Å². The second-order valence-corrected chi connectivity index (χ2v) is 8.44. The lowest BCUT2D eigenvalue weighted by Crippen LogP contribution is -2.26. The van der Waals surface area contributed by atoms with Crippen molar-refractivity contribution in [3.05, 3.63) is 113 Å². The Hall–Kier alpha value is -3.55. The molecule has 0 bridgehead atoms. The maximum atomic E-state index is 5.88. The number of para-hydroxylation sites is 2. The Morgan fingerprint density at radius 2 is 1.45 bits per heavy atom. The number of rotatable bonds is 8. The van der Waals surface area contributed by atoms with E-state index in [4.69, 9.17) is 21.7 Å². The van der Waals surface area contributed by atoms with Crippen LogP contribution in [0.15, 0.2) is 89.3 Å². The quantitative estimate of drug-likeness (QED) is 0.286. The first kappa shape index (κ1) is 21.3. The zero-order valence-corrected chi connectivity index (χ0v) is 19.3. The van der Waals surface area contributed by atoms with Crippen LogP contribution in [0.2, 0.25) is 0 Å². The molecule has 3 aromatic carbocycles. The molecule has 0 spiro atoms. The summed E-state index contributed by atoms with van der Waals surface area (Å²) in [5.74, 6) is 1.49. The van der Waals surface area contributed by atoms with E-state index in [9.17, 15) is 0 Å². The molecule has 0 atom stereocenters. The number of hydrogen-bond acceptors (Lipinski definition) is 5. The molecule has 0 aliphatic carbocycles. The Morgan fingerprint density at radius 3 is 2.12 bits per heavy atom. The van der Waals surface area contributed by atoms with Gasteiger partial charge < -0.3 is 8.98 Å². The van der Waals surface area contributed by atoms with Gasteiger partial charge in [-0.15, -0.1) is 5.10 Å². The summed E-state index contributed by atoms with van der Waals surface area (Å²) < 4.78 is 9.76. The third-order valence-electron chi connectivity index (χ3n) is 5.62. The van der Waals surface area contributed by atoms with Crippen LogP contribution in [0.1, 0.15) is 22.8 Å². The van der Waals surface area contributed by atoms with Gasteiger partial charge in [0, 0.05) is 13.1 Å². The van der Waals surface area contributed by atoms with Gasteiger partial charge in [0.25, 0.3) is 4.84 Å². The van der Waals surface area contributed by atoms with Crippen molar-refractivity contribution in [3.8, 4) is 0 Å². The summed E-state index contributed by atoms with van der Waals surface area (Å²) in [5.41, 5.74) is 4.50. The molecule has 0 N–H and O–H groups in total. The van der Waals surface area contributed by atoms with Crippen LogP contribution in [-0.2, 0) is 26.3 Å². The van der Waals surface area contributed by atoms with Crippen molar-refractivity contribution < 1.29 is 4.42 Å². The lowest BCUT2D eigenvalue weighted by atomic mass is 10.2. The van der Waals surface area contributed by atoms with E-state index in [0.29, 0.717) is 23.9 Å². The molecule has 0 aliphatic rings. The third kappa shape index (κ3) is 4.94. The van der Waals surface area contributed by atoms with Gasteiger partial charge in [-0.05, 0) is 42.4 Å². The summed E-state index contributed by atoms with van der Waals surface area (Å²) in [6.07, 6.45) is 0. The first-order valence-electron chi connectivity index (χ1n) is 10.9. The fraction of sp³-hybridized carbons (Fsp3) is 0.192. The number of aromatic nitrogens is 4. The summed E-state index contributed by atoms with van der Waals surface area (Å²) in [4.78, 5) is 7.32. The highest BCUT2D eigenvalue weighted by atomic mass is 32.1. The fourth-order valence-corrected chi connectivity index (χ4v) is 4.26. The molecular formula is C26H25N5OS. The van der Waals surface area contributed by atoms with Crippen molar-refractivity contribution in [2.45, 2.75) is 33.2 Å². The molecular weight excluding hydrogens is 430 g/mol. The zero-order valence-electron chi connectivity index (χ0n) is 18.5. The first-order valence-corrected chi connectivity index (χ1v) is 11.4. The molecule has 2 heterocycles. The molecule has 6 nitrogen and oxygen atoms in total. The standard InChI is InChI=1S/C26H25N5OS/c1-20-27-23-14-8-9-15-24(23)30(20)18-25-28-31(26(33)32-25)19-29(16-21-10-4-2-5-11-21)17-22-12-6-3-7-13-22/h2-15H,16-19H2,1H3. The van der Waals surface area contributed by atoms with Gasteiger partial charge in [0.05, 0.1) is 17.7 Å². The lowest BCUT2D eigenvalue weighted by Gasteiger charge is -2.22. The molecule has 0 saturated heterocycles. The van der Waals surface area contributed by atoms with E-state index in [1.807, 2.05) is 37.3 Å². The predicted molar refractivity (Wildman–Crippen MR) is 131 cm³/mol. The number of nitrogens with zero attached hydrogens (tertiary/aromatic N) is 5. The van der Waals surface area contributed by atoms with Crippen molar-refractivity contribution in [2.24, 2.45) is 0 Å². The third-order valence-corrected chi connectivity index (χ3v) is 5.91. The highest BCUT2D eigenvalue weighted by Crippen LogP contribution is 2.18. The molecule has 0 radical (unpaired) electrons. The largest absolute Gasteiger partial charge is 0.412 e.